The zero-order chi connectivity index (χ0) is 11.8. The Morgan fingerprint density at radius 2 is 2.00 bits per heavy atom. The molecule has 2 N–H and O–H groups in total. The van der Waals surface area contributed by atoms with Crippen molar-refractivity contribution in [1.29, 1.82) is 0 Å². The van der Waals surface area contributed by atoms with E-state index in [0.29, 0.717) is 11.8 Å². The van der Waals surface area contributed by atoms with Crippen LogP contribution in [0, 0.1) is 5.92 Å². The molecule has 0 saturated carbocycles. The van der Waals surface area contributed by atoms with Gasteiger partial charge in [0.1, 0.15) is 0 Å². The Kier molecular flexibility index (Phi) is 6.61. The van der Waals surface area contributed by atoms with Gasteiger partial charge in [-0.25, -0.2) is 4.98 Å². The maximum absolute atomic E-state index is 4.33. The molecule has 1 aromatic heterocycles. The Morgan fingerprint density at radius 1 is 1.25 bits per heavy atom. The van der Waals surface area contributed by atoms with Crippen molar-refractivity contribution in [2.24, 2.45) is 5.92 Å². The van der Waals surface area contributed by atoms with Crippen molar-refractivity contribution in [3.05, 3.63) is 16.6 Å². The van der Waals surface area contributed by atoms with E-state index in [2.05, 4.69) is 36.4 Å². The molecule has 2 unspecified atom stereocenters. The summed E-state index contributed by atoms with van der Waals surface area (Å²) >= 11 is 1.74. The monoisotopic (exact) mass is 241 g/mol. The van der Waals surface area contributed by atoms with Crippen molar-refractivity contribution < 1.29 is 0 Å². The van der Waals surface area contributed by atoms with E-state index in [1.54, 1.807) is 11.3 Å². The highest BCUT2D eigenvalue weighted by atomic mass is 32.1. The molecule has 0 aromatic carbocycles. The van der Waals surface area contributed by atoms with Crippen LogP contribution in [0.2, 0.25) is 0 Å². The van der Waals surface area contributed by atoms with E-state index in [1.807, 2.05) is 11.6 Å². The van der Waals surface area contributed by atoms with Crippen LogP contribution >= 0.6 is 11.3 Å². The number of aromatic nitrogens is 1. The van der Waals surface area contributed by atoms with Crippen molar-refractivity contribution in [2.45, 2.75) is 26.7 Å². The van der Waals surface area contributed by atoms with Gasteiger partial charge in [0.15, 0.2) is 0 Å². The molecule has 0 fully saturated rings. The van der Waals surface area contributed by atoms with Gasteiger partial charge in [0.25, 0.3) is 0 Å². The molecule has 0 aliphatic carbocycles. The summed E-state index contributed by atoms with van der Waals surface area (Å²) in [6, 6.07) is 0. The minimum absolute atomic E-state index is 0.520. The highest BCUT2D eigenvalue weighted by Gasteiger charge is 2.08. The van der Waals surface area contributed by atoms with Crippen LogP contribution in [-0.2, 0) is 0 Å². The van der Waals surface area contributed by atoms with Gasteiger partial charge >= 0.3 is 0 Å². The lowest BCUT2D eigenvalue weighted by molar-refractivity contribution is 0.469. The maximum Gasteiger partial charge on any atom is 0.0965 e. The third-order valence-corrected chi connectivity index (χ3v) is 3.57. The van der Waals surface area contributed by atoms with Gasteiger partial charge in [-0.1, -0.05) is 20.8 Å². The first kappa shape index (κ1) is 13.6. The second-order valence-corrected chi connectivity index (χ2v) is 5.27. The normalized spacial score (nSPS) is 14.9. The van der Waals surface area contributed by atoms with Crippen molar-refractivity contribution in [3.63, 3.8) is 0 Å². The predicted molar refractivity (Wildman–Crippen MR) is 71.1 cm³/mol. The lowest BCUT2D eigenvalue weighted by Crippen LogP contribution is -2.31. The topological polar surface area (TPSA) is 37.0 Å². The molecule has 0 amide bonds. The van der Waals surface area contributed by atoms with E-state index in [0.717, 1.165) is 26.2 Å². The Hall–Kier alpha value is -0.450. The van der Waals surface area contributed by atoms with Crippen LogP contribution in [0.15, 0.2) is 11.6 Å². The smallest absolute Gasteiger partial charge is 0.0965 e. The SMILES string of the molecule is CCNCC(C)CNCC(C)c1nccs1. The van der Waals surface area contributed by atoms with Gasteiger partial charge < -0.3 is 10.6 Å². The van der Waals surface area contributed by atoms with Crippen molar-refractivity contribution in [3.8, 4) is 0 Å². The lowest BCUT2D eigenvalue weighted by Gasteiger charge is -2.15. The summed E-state index contributed by atoms with van der Waals surface area (Å²) in [6.07, 6.45) is 1.88. The number of thiazole rings is 1. The molecule has 0 radical (unpaired) electrons. The van der Waals surface area contributed by atoms with E-state index in [9.17, 15) is 0 Å². The third kappa shape index (κ3) is 5.05. The molecule has 0 saturated heterocycles. The average molecular weight is 241 g/mol. The Bertz CT molecular complexity index is 261. The molecule has 1 heterocycles. The Morgan fingerprint density at radius 3 is 2.62 bits per heavy atom. The highest BCUT2D eigenvalue weighted by Crippen LogP contribution is 2.16. The quantitative estimate of drug-likeness (QED) is 0.732. The van der Waals surface area contributed by atoms with E-state index in [4.69, 9.17) is 0 Å². The summed E-state index contributed by atoms with van der Waals surface area (Å²) < 4.78 is 0. The molecule has 16 heavy (non-hydrogen) atoms. The molecule has 0 aliphatic rings. The van der Waals surface area contributed by atoms with Gasteiger partial charge in [0.05, 0.1) is 5.01 Å². The van der Waals surface area contributed by atoms with E-state index >= 15 is 0 Å². The molecule has 1 aromatic rings. The summed E-state index contributed by atoms with van der Waals surface area (Å²) in [5, 5.41) is 10.1. The molecule has 92 valence electrons. The van der Waals surface area contributed by atoms with Gasteiger partial charge in [0.2, 0.25) is 0 Å². The zero-order valence-corrected chi connectivity index (χ0v) is 11.3. The van der Waals surface area contributed by atoms with Crippen LogP contribution in [0.3, 0.4) is 0 Å². The fourth-order valence-corrected chi connectivity index (χ4v) is 2.27. The molecule has 1 rings (SSSR count). The van der Waals surface area contributed by atoms with E-state index < -0.39 is 0 Å². The summed E-state index contributed by atoms with van der Waals surface area (Å²) in [5.41, 5.74) is 0. The van der Waals surface area contributed by atoms with Crippen LogP contribution in [-0.4, -0.2) is 31.2 Å². The molecule has 0 aliphatic heterocycles. The number of hydrogen-bond acceptors (Lipinski definition) is 4. The lowest BCUT2D eigenvalue weighted by atomic mass is 10.1. The molecule has 4 heteroatoms. The van der Waals surface area contributed by atoms with Crippen LogP contribution < -0.4 is 10.6 Å². The second kappa shape index (κ2) is 7.76. The van der Waals surface area contributed by atoms with Crippen molar-refractivity contribution in [2.75, 3.05) is 26.2 Å². The van der Waals surface area contributed by atoms with Crippen LogP contribution in [0.4, 0.5) is 0 Å². The van der Waals surface area contributed by atoms with Gasteiger partial charge in [0, 0.05) is 24.0 Å². The maximum atomic E-state index is 4.33. The summed E-state index contributed by atoms with van der Waals surface area (Å²) in [5.74, 6) is 1.20. The van der Waals surface area contributed by atoms with Crippen molar-refractivity contribution >= 4 is 11.3 Å². The molecule has 0 bridgehead atoms. The van der Waals surface area contributed by atoms with Crippen LogP contribution in [0.1, 0.15) is 31.7 Å². The van der Waals surface area contributed by atoms with Crippen LogP contribution in [0.25, 0.3) is 0 Å². The first-order valence-corrected chi connectivity index (χ1v) is 6.92. The standard InChI is InChI=1S/C12H23N3S/c1-4-13-7-10(2)8-14-9-11(3)12-15-5-6-16-12/h5-6,10-11,13-14H,4,7-9H2,1-3H3. The fraction of sp³-hybridized carbons (Fsp3) is 0.750. The van der Waals surface area contributed by atoms with Crippen LogP contribution in [0.5, 0.6) is 0 Å². The third-order valence-electron chi connectivity index (χ3n) is 2.56. The first-order valence-electron chi connectivity index (χ1n) is 6.04. The van der Waals surface area contributed by atoms with E-state index in [-0.39, 0.29) is 0 Å². The first-order chi connectivity index (χ1) is 7.74. The van der Waals surface area contributed by atoms with Gasteiger partial charge in [-0.3, -0.25) is 0 Å². The molecule has 0 spiro atoms. The molecule has 2 atom stereocenters. The molecular weight excluding hydrogens is 218 g/mol. The fourth-order valence-electron chi connectivity index (χ4n) is 1.57. The summed E-state index contributed by atoms with van der Waals surface area (Å²) in [7, 11) is 0. The Balaban J connectivity index is 2.11. The highest BCUT2D eigenvalue weighted by molar-refractivity contribution is 7.09. The summed E-state index contributed by atoms with van der Waals surface area (Å²) in [4.78, 5) is 4.33. The Labute approximate surface area is 103 Å². The molecular formula is C12H23N3S. The average Bonchev–Trinajstić information content (AvgIpc) is 2.79. The second-order valence-electron chi connectivity index (χ2n) is 4.34. The minimum atomic E-state index is 0.520. The number of rotatable bonds is 8. The van der Waals surface area contributed by atoms with Gasteiger partial charge in [-0.15, -0.1) is 11.3 Å². The number of nitrogens with zero attached hydrogens (tertiary/aromatic N) is 1. The van der Waals surface area contributed by atoms with Crippen molar-refractivity contribution in [1.82, 2.24) is 15.6 Å². The van der Waals surface area contributed by atoms with Gasteiger partial charge in [-0.2, -0.15) is 0 Å². The minimum Gasteiger partial charge on any atom is -0.317 e. The van der Waals surface area contributed by atoms with E-state index in [1.165, 1.54) is 5.01 Å². The van der Waals surface area contributed by atoms with Gasteiger partial charge in [-0.05, 0) is 25.6 Å². The predicted octanol–water partition coefficient (Wildman–Crippen LogP) is 2.08. The number of nitrogens with one attached hydrogen (secondary N) is 2. The molecule has 3 nitrogen and oxygen atoms in total. The number of hydrogen-bond donors (Lipinski definition) is 2. The summed E-state index contributed by atoms with van der Waals surface area (Å²) in [6.45, 7) is 10.9. The largest absolute Gasteiger partial charge is 0.317 e. The zero-order valence-electron chi connectivity index (χ0n) is 10.5.